The van der Waals surface area contributed by atoms with Crippen molar-refractivity contribution >= 4 is 5.82 Å². The van der Waals surface area contributed by atoms with E-state index in [9.17, 15) is 0 Å². The van der Waals surface area contributed by atoms with Crippen LogP contribution in [0.5, 0.6) is 5.75 Å². The fourth-order valence-corrected chi connectivity index (χ4v) is 1.75. The first kappa shape index (κ1) is 14.2. The predicted molar refractivity (Wildman–Crippen MR) is 76.2 cm³/mol. The average molecular weight is 274 g/mol. The Morgan fingerprint density at radius 2 is 2.00 bits per heavy atom. The van der Waals surface area contributed by atoms with E-state index in [1.165, 1.54) is 0 Å². The van der Waals surface area contributed by atoms with Crippen LogP contribution in [-0.2, 0) is 11.3 Å². The van der Waals surface area contributed by atoms with Crippen LogP contribution in [0.1, 0.15) is 19.7 Å². The Bertz CT molecular complexity index is 587. The smallest absolute Gasteiger partial charge is 0.157 e. The molecule has 0 aliphatic carbocycles. The van der Waals surface area contributed by atoms with Gasteiger partial charge in [0, 0.05) is 24.9 Å². The van der Waals surface area contributed by atoms with E-state index < -0.39 is 0 Å². The van der Waals surface area contributed by atoms with Gasteiger partial charge in [-0.15, -0.1) is 0 Å². The van der Waals surface area contributed by atoms with Gasteiger partial charge in [-0.2, -0.15) is 0 Å². The summed E-state index contributed by atoms with van der Waals surface area (Å²) in [6, 6.07) is 3.58. The number of ether oxygens (including phenoxy) is 2. The number of nitrogen functional groups attached to an aromatic ring is 1. The molecule has 0 bridgehead atoms. The second-order valence-electron chi connectivity index (χ2n) is 4.60. The van der Waals surface area contributed by atoms with Crippen LogP contribution >= 0.6 is 0 Å². The number of hydrogen-bond donors (Lipinski definition) is 1. The molecule has 6 nitrogen and oxygen atoms in total. The van der Waals surface area contributed by atoms with E-state index in [2.05, 4.69) is 15.0 Å². The second kappa shape index (κ2) is 6.29. The summed E-state index contributed by atoms with van der Waals surface area (Å²) in [4.78, 5) is 12.7. The minimum Gasteiger partial charge on any atom is -0.489 e. The Hall–Kier alpha value is -2.21. The molecule has 2 aromatic rings. The highest BCUT2D eigenvalue weighted by atomic mass is 16.5. The lowest BCUT2D eigenvalue weighted by atomic mass is 10.2. The maximum absolute atomic E-state index is 5.79. The molecule has 2 heterocycles. The number of nitrogens with two attached hydrogens (primary N) is 1. The molecule has 106 valence electrons. The van der Waals surface area contributed by atoms with E-state index in [1.54, 1.807) is 25.6 Å². The Morgan fingerprint density at radius 1 is 1.20 bits per heavy atom. The van der Waals surface area contributed by atoms with E-state index in [-0.39, 0.29) is 6.10 Å². The maximum atomic E-state index is 5.79. The first-order chi connectivity index (χ1) is 9.58. The van der Waals surface area contributed by atoms with Crippen LogP contribution in [0.2, 0.25) is 0 Å². The van der Waals surface area contributed by atoms with Gasteiger partial charge in [0.15, 0.2) is 5.82 Å². The first-order valence-corrected chi connectivity index (χ1v) is 6.33. The molecule has 0 spiro atoms. The van der Waals surface area contributed by atoms with Crippen molar-refractivity contribution in [2.75, 3.05) is 12.8 Å². The van der Waals surface area contributed by atoms with Crippen molar-refractivity contribution in [1.29, 1.82) is 0 Å². The van der Waals surface area contributed by atoms with Gasteiger partial charge < -0.3 is 15.2 Å². The summed E-state index contributed by atoms with van der Waals surface area (Å²) in [7, 11) is 1.59. The number of hydrogen-bond acceptors (Lipinski definition) is 6. The number of anilines is 1. The van der Waals surface area contributed by atoms with Gasteiger partial charge in [0.2, 0.25) is 0 Å². The molecule has 0 radical (unpaired) electrons. The summed E-state index contributed by atoms with van der Waals surface area (Å²) in [5, 5.41) is 0. The molecule has 0 unspecified atom stereocenters. The van der Waals surface area contributed by atoms with Crippen molar-refractivity contribution in [3.8, 4) is 17.0 Å². The summed E-state index contributed by atoms with van der Waals surface area (Å²) >= 11 is 0. The van der Waals surface area contributed by atoms with E-state index in [1.807, 2.05) is 19.9 Å². The predicted octanol–water partition coefficient (Wildman–Crippen LogP) is 2.05. The third-order valence-electron chi connectivity index (χ3n) is 2.45. The summed E-state index contributed by atoms with van der Waals surface area (Å²) < 4.78 is 10.7. The average Bonchev–Trinajstić information content (AvgIpc) is 2.38. The van der Waals surface area contributed by atoms with Crippen LogP contribution < -0.4 is 10.5 Å². The van der Waals surface area contributed by atoms with Crippen molar-refractivity contribution in [3.63, 3.8) is 0 Å². The van der Waals surface area contributed by atoms with Crippen molar-refractivity contribution in [3.05, 3.63) is 30.4 Å². The monoisotopic (exact) mass is 274 g/mol. The minimum absolute atomic E-state index is 0.0894. The molecule has 0 aromatic carbocycles. The zero-order valence-corrected chi connectivity index (χ0v) is 11.8. The lowest BCUT2D eigenvalue weighted by molar-refractivity contribution is 0.178. The quantitative estimate of drug-likeness (QED) is 0.898. The number of pyridine rings is 1. The molecule has 0 saturated carbocycles. The maximum Gasteiger partial charge on any atom is 0.157 e. The fraction of sp³-hybridized carbons (Fsp3) is 0.357. The van der Waals surface area contributed by atoms with Crippen molar-refractivity contribution in [1.82, 2.24) is 15.0 Å². The lowest BCUT2D eigenvalue weighted by Gasteiger charge is -2.10. The van der Waals surface area contributed by atoms with Gasteiger partial charge in [-0.25, -0.2) is 9.97 Å². The van der Waals surface area contributed by atoms with Gasteiger partial charge >= 0.3 is 0 Å². The number of methoxy groups -OCH3 is 1. The van der Waals surface area contributed by atoms with Crippen molar-refractivity contribution in [2.24, 2.45) is 0 Å². The third kappa shape index (κ3) is 3.64. The van der Waals surface area contributed by atoms with Gasteiger partial charge in [0.05, 0.1) is 18.0 Å². The van der Waals surface area contributed by atoms with Crippen molar-refractivity contribution in [2.45, 2.75) is 26.6 Å². The normalized spacial score (nSPS) is 10.8. The molecule has 2 N–H and O–H groups in total. The Kier molecular flexibility index (Phi) is 4.47. The fourth-order valence-electron chi connectivity index (χ4n) is 1.75. The van der Waals surface area contributed by atoms with Gasteiger partial charge in [-0.05, 0) is 19.9 Å². The van der Waals surface area contributed by atoms with Crippen LogP contribution in [0, 0.1) is 0 Å². The highest BCUT2D eigenvalue weighted by Crippen LogP contribution is 2.23. The van der Waals surface area contributed by atoms with Gasteiger partial charge in [0.1, 0.15) is 18.2 Å². The molecule has 0 fully saturated rings. The standard InChI is InChI=1S/C14H18N4O2/c1-9(2)20-11-4-10(6-16-7-11)12-5-13(15)18-14(17-12)8-19-3/h4-7,9H,8H2,1-3H3,(H2,15,17,18). The number of aromatic nitrogens is 3. The molecule has 0 amide bonds. The molecule has 0 atom stereocenters. The van der Waals surface area contributed by atoms with Crippen molar-refractivity contribution < 1.29 is 9.47 Å². The third-order valence-corrected chi connectivity index (χ3v) is 2.45. The second-order valence-corrected chi connectivity index (χ2v) is 4.60. The van der Waals surface area contributed by atoms with E-state index >= 15 is 0 Å². The Balaban J connectivity index is 2.35. The largest absolute Gasteiger partial charge is 0.489 e. The van der Waals surface area contributed by atoms with Gasteiger partial charge in [-0.1, -0.05) is 0 Å². The van der Waals surface area contributed by atoms with Gasteiger partial charge in [-0.3, -0.25) is 4.98 Å². The molecule has 0 saturated heterocycles. The summed E-state index contributed by atoms with van der Waals surface area (Å²) in [6.45, 7) is 4.24. The van der Waals surface area contributed by atoms with Gasteiger partial charge in [0.25, 0.3) is 0 Å². The molecule has 2 rings (SSSR count). The van der Waals surface area contributed by atoms with E-state index in [0.29, 0.717) is 29.7 Å². The van der Waals surface area contributed by atoms with Crippen LogP contribution in [-0.4, -0.2) is 28.2 Å². The lowest BCUT2D eigenvalue weighted by Crippen LogP contribution is -2.06. The van der Waals surface area contributed by atoms with Crippen LogP contribution in [0.4, 0.5) is 5.82 Å². The topological polar surface area (TPSA) is 83.2 Å². The van der Waals surface area contributed by atoms with Crippen LogP contribution in [0.15, 0.2) is 24.5 Å². The number of nitrogens with zero attached hydrogens (tertiary/aromatic N) is 3. The Morgan fingerprint density at radius 3 is 2.70 bits per heavy atom. The minimum atomic E-state index is 0.0894. The first-order valence-electron chi connectivity index (χ1n) is 6.33. The molecular formula is C14H18N4O2. The molecular weight excluding hydrogens is 256 g/mol. The Labute approximate surface area is 118 Å². The highest BCUT2D eigenvalue weighted by molar-refractivity contribution is 5.62. The zero-order valence-electron chi connectivity index (χ0n) is 11.8. The van der Waals surface area contributed by atoms with E-state index in [4.69, 9.17) is 15.2 Å². The molecule has 2 aromatic heterocycles. The van der Waals surface area contributed by atoms with E-state index in [0.717, 1.165) is 5.56 Å². The molecule has 0 aliphatic heterocycles. The molecule has 0 aliphatic rings. The number of rotatable bonds is 5. The molecule has 6 heteroatoms. The van der Waals surface area contributed by atoms with Crippen LogP contribution in [0.3, 0.4) is 0 Å². The highest BCUT2D eigenvalue weighted by Gasteiger charge is 2.07. The summed E-state index contributed by atoms with van der Waals surface area (Å²) in [5.41, 5.74) is 7.32. The van der Waals surface area contributed by atoms with Crippen LogP contribution in [0.25, 0.3) is 11.3 Å². The SMILES string of the molecule is COCc1nc(N)cc(-c2cncc(OC(C)C)c2)n1. The summed E-state index contributed by atoms with van der Waals surface area (Å²) in [5.74, 6) is 1.64. The zero-order chi connectivity index (χ0) is 14.5. The summed E-state index contributed by atoms with van der Waals surface area (Å²) in [6.07, 6.45) is 3.47. The molecule has 20 heavy (non-hydrogen) atoms.